The fourth-order valence-corrected chi connectivity index (χ4v) is 3.79. The molecular weight excluding hydrogens is 331 g/mol. The van der Waals surface area contributed by atoms with Crippen LogP contribution in [0.25, 0.3) is 0 Å². The minimum atomic E-state index is -4.45. The Morgan fingerprint density at radius 3 is 2.43 bits per heavy atom. The first-order chi connectivity index (χ1) is 9.74. The van der Waals surface area contributed by atoms with E-state index in [2.05, 4.69) is 0 Å². The van der Waals surface area contributed by atoms with Crippen molar-refractivity contribution in [3.05, 3.63) is 45.9 Å². The van der Waals surface area contributed by atoms with Crippen LogP contribution in [0.2, 0.25) is 0 Å². The maximum Gasteiger partial charge on any atom is 0.347 e. The normalized spacial score (nSPS) is 11.4. The van der Waals surface area contributed by atoms with E-state index in [0.717, 1.165) is 6.07 Å². The van der Waals surface area contributed by atoms with Crippen molar-refractivity contribution < 1.29 is 31.5 Å². The van der Waals surface area contributed by atoms with Crippen LogP contribution in [-0.4, -0.2) is 19.5 Å². The van der Waals surface area contributed by atoms with Crippen LogP contribution in [0.3, 0.4) is 0 Å². The Labute approximate surface area is 120 Å². The molecule has 2 aromatic rings. The summed E-state index contributed by atoms with van der Waals surface area (Å²) < 4.78 is 64.9. The quantitative estimate of drug-likeness (QED) is 0.840. The maximum absolute atomic E-state index is 13.4. The Hall–Kier alpha value is -2.07. The molecule has 0 amide bonds. The molecule has 0 saturated carbocycles. The maximum atomic E-state index is 13.4. The Balaban J connectivity index is 2.45. The van der Waals surface area contributed by atoms with E-state index in [1.54, 1.807) is 4.72 Å². The van der Waals surface area contributed by atoms with E-state index in [9.17, 15) is 26.4 Å². The van der Waals surface area contributed by atoms with Crippen LogP contribution in [0, 0.1) is 17.5 Å². The molecule has 112 valence electrons. The van der Waals surface area contributed by atoms with Gasteiger partial charge in [0.25, 0.3) is 10.0 Å². The molecule has 0 bridgehead atoms. The number of aromatic carboxylic acids is 1. The van der Waals surface area contributed by atoms with Crippen molar-refractivity contribution in [2.45, 2.75) is 4.90 Å². The summed E-state index contributed by atoms with van der Waals surface area (Å²) in [4.78, 5) is 9.81. The van der Waals surface area contributed by atoms with Gasteiger partial charge in [-0.05, 0) is 23.6 Å². The number of halogens is 3. The molecule has 0 spiro atoms. The highest BCUT2D eigenvalue weighted by molar-refractivity contribution is 7.93. The van der Waals surface area contributed by atoms with Gasteiger partial charge in [0, 0.05) is 0 Å². The number of benzene rings is 1. The van der Waals surface area contributed by atoms with Crippen molar-refractivity contribution in [1.29, 1.82) is 0 Å². The summed E-state index contributed by atoms with van der Waals surface area (Å²) in [5, 5.41) is 10.1. The van der Waals surface area contributed by atoms with Gasteiger partial charge in [0.05, 0.1) is 5.69 Å². The SMILES string of the molecule is O=C(O)c1sccc1S(=O)(=O)Nc1ccc(F)c(F)c1F. The smallest absolute Gasteiger partial charge is 0.347 e. The molecule has 0 aliphatic rings. The van der Waals surface area contributed by atoms with Gasteiger partial charge in [-0.1, -0.05) is 0 Å². The largest absolute Gasteiger partial charge is 0.477 e. The molecule has 2 N–H and O–H groups in total. The molecular formula is C11H6F3NO4S2. The lowest BCUT2D eigenvalue weighted by Gasteiger charge is -2.09. The van der Waals surface area contributed by atoms with Crippen LogP contribution in [0.4, 0.5) is 18.9 Å². The van der Waals surface area contributed by atoms with Crippen LogP contribution in [0.1, 0.15) is 9.67 Å². The minimum Gasteiger partial charge on any atom is -0.477 e. The van der Waals surface area contributed by atoms with Gasteiger partial charge in [0.2, 0.25) is 0 Å². The molecule has 0 aliphatic heterocycles. The summed E-state index contributed by atoms with van der Waals surface area (Å²) in [6.07, 6.45) is 0. The zero-order valence-electron chi connectivity index (χ0n) is 9.93. The van der Waals surface area contributed by atoms with Crippen LogP contribution >= 0.6 is 11.3 Å². The molecule has 0 aliphatic carbocycles. The first-order valence-corrected chi connectivity index (χ1v) is 7.57. The number of sulfonamides is 1. The van der Waals surface area contributed by atoms with Gasteiger partial charge in [-0.15, -0.1) is 11.3 Å². The second kappa shape index (κ2) is 5.37. The monoisotopic (exact) mass is 337 g/mol. The van der Waals surface area contributed by atoms with Gasteiger partial charge >= 0.3 is 5.97 Å². The van der Waals surface area contributed by atoms with Gasteiger partial charge in [-0.2, -0.15) is 0 Å². The Kier molecular flexibility index (Phi) is 3.92. The molecule has 5 nitrogen and oxygen atoms in total. The number of carbonyl (C=O) groups is 1. The van der Waals surface area contributed by atoms with Crippen LogP contribution in [0.15, 0.2) is 28.5 Å². The van der Waals surface area contributed by atoms with Crippen LogP contribution < -0.4 is 4.72 Å². The average Bonchev–Trinajstić information content (AvgIpc) is 2.90. The molecule has 0 unspecified atom stereocenters. The van der Waals surface area contributed by atoms with Gasteiger partial charge in [0.15, 0.2) is 17.5 Å². The third kappa shape index (κ3) is 2.85. The molecule has 1 aromatic carbocycles. The number of anilines is 1. The van der Waals surface area contributed by atoms with Gasteiger partial charge in [0.1, 0.15) is 9.77 Å². The van der Waals surface area contributed by atoms with Crippen LogP contribution in [0.5, 0.6) is 0 Å². The second-order valence-electron chi connectivity index (χ2n) is 3.75. The Morgan fingerprint density at radius 2 is 1.81 bits per heavy atom. The molecule has 1 aromatic heterocycles. The third-order valence-electron chi connectivity index (χ3n) is 2.39. The highest BCUT2D eigenvalue weighted by atomic mass is 32.2. The Morgan fingerprint density at radius 1 is 1.14 bits per heavy atom. The van der Waals surface area contributed by atoms with E-state index in [-0.39, 0.29) is 0 Å². The van der Waals surface area contributed by atoms with Crippen molar-refractivity contribution in [1.82, 2.24) is 0 Å². The number of rotatable bonds is 4. The zero-order chi connectivity index (χ0) is 15.8. The topological polar surface area (TPSA) is 83.5 Å². The van der Waals surface area contributed by atoms with Gasteiger partial charge in [-0.3, -0.25) is 4.72 Å². The molecule has 2 rings (SSSR count). The number of carboxylic acid groups (broad SMARTS) is 1. The fourth-order valence-electron chi connectivity index (χ4n) is 1.47. The summed E-state index contributed by atoms with van der Waals surface area (Å²) in [5.41, 5.74) is -0.823. The van der Waals surface area contributed by atoms with Crippen molar-refractivity contribution in [2.75, 3.05) is 4.72 Å². The molecule has 1 heterocycles. The van der Waals surface area contributed by atoms with Crippen molar-refractivity contribution in [3.8, 4) is 0 Å². The molecule has 10 heteroatoms. The predicted molar refractivity (Wildman–Crippen MR) is 68.4 cm³/mol. The highest BCUT2D eigenvalue weighted by Gasteiger charge is 2.25. The molecule has 21 heavy (non-hydrogen) atoms. The third-order valence-corrected chi connectivity index (χ3v) is 4.83. The van der Waals surface area contributed by atoms with Crippen molar-refractivity contribution in [2.24, 2.45) is 0 Å². The summed E-state index contributed by atoms with van der Waals surface area (Å²) in [5.74, 6) is -6.50. The number of thiophene rings is 1. The first kappa shape index (κ1) is 15.3. The van der Waals surface area contributed by atoms with Gasteiger partial charge in [-0.25, -0.2) is 26.4 Å². The lowest BCUT2D eigenvalue weighted by molar-refractivity contribution is 0.0698. The minimum absolute atomic E-state index is 0.481. The number of carboxylic acids is 1. The molecule has 0 fully saturated rings. The number of hydrogen-bond donors (Lipinski definition) is 2. The lowest BCUT2D eigenvalue weighted by Crippen LogP contribution is -2.16. The van der Waals surface area contributed by atoms with E-state index in [0.29, 0.717) is 23.5 Å². The average molecular weight is 337 g/mol. The summed E-state index contributed by atoms with van der Waals surface area (Å²) in [6, 6.07) is 2.24. The first-order valence-electron chi connectivity index (χ1n) is 5.21. The number of nitrogens with one attached hydrogen (secondary N) is 1. The molecule has 0 radical (unpaired) electrons. The molecule has 0 atom stereocenters. The summed E-state index contributed by atoms with van der Waals surface area (Å²) in [6.45, 7) is 0. The number of hydrogen-bond acceptors (Lipinski definition) is 4. The fraction of sp³-hybridized carbons (Fsp3) is 0. The van der Waals surface area contributed by atoms with E-state index in [1.807, 2.05) is 0 Å². The van der Waals surface area contributed by atoms with E-state index in [1.165, 1.54) is 5.38 Å². The van der Waals surface area contributed by atoms with Crippen molar-refractivity contribution >= 4 is 33.0 Å². The molecule has 0 saturated heterocycles. The second-order valence-corrected chi connectivity index (χ2v) is 6.31. The Bertz CT molecular complexity index is 817. The zero-order valence-corrected chi connectivity index (χ0v) is 11.6. The lowest BCUT2D eigenvalue weighted by atomic mass is 10.3. The summed E-state index contributed by atoms with van der Waals surface area (Å²) >= 11 is 0.658. The van der Waals surface area contributed by atoms with Crippen molar-refractivity contribution in [3.63, 3.8) is 0 Å². The van der Waals surface area contributed by atoms with E-state index in [4.69, 9.17) is 5.11 Å². The van der Waals surface area contributed by atoms with E-state index >= 15 is 0 Å². The van der Waals surface area contributed by atoms with E-state index < -0.39 is 48.9 Å². The summed E-state index contributed by atoms with van der Waals surface area (Å²) in [7, 11) is -4.45. The highest BCUT2D eigenvalue weighted by Crippen LogP contribution is 2.26. The standard InChI is InChI=1S/C11H6F3NO4S2/c12-5-1-2-6(9(14)8(5)13)15-21(18,19)7-3-4-20-10(7)11(16)17/h1-4,15H,(H,16,17). The predicted octanol–water partition coefficient (Wildman–Crippen LogP) is 2.66. The van der Waals surface area contributed by atoms with Gasteiger partial charge < -0.3 is 5.11 Å². The van der Waals surface area contributed by atoms with Crippen LogP contribution in [-0.2, 0) is 10.0 Å².